The van der Waals surface area contributed by atoms with E-state index in [0.717, 1.165) is 24.2 Å². The van der Waals surface area contributed by atoms with Crippen LogP contribution in [0, 0.1) is 0 Å². The van der Waals surface area contributed by atoms with Crippen LogP contribution >= 0.6 is 0 Å². The molecule has 140 valence electrons. The molecule has 0 bridgehead atoms. The molecular weight excluding hydrogens is 324 g/mol. The van der Waals surface area contributed by atoms with Crippen LogP contribution in [0.3, 0.4) is 0 Å². The highest BCUT2D eigenvalue weighted by atomic mass is 16.3. The molecule has 0 saturated heterocycles. The van der Waals surface area contributed by atoms with Gasteiger partial charge in [0, 0.05) is 27.2 Å². The van der Waals surface area contributed by atoms with E-state index in [1.54, 1.807) is 18.5 Å². The Morgan fingerprint density at radius 3 is 2.40 bits per heavy atom. The molecule has 2 rings (SSSR count). The van der Waals surface area contributed by atoms with Crippen molar-refractivity contribution < 1.29 is 5.11 Å². The topological polar surface area (TPSA) is 97.3 Å². The molecule has 0 radical (unpaired) electrons. The third-order valence-corrected chi connectivity index (χ3v) is 4.40. The Hall–Kier alpha value is -2.13. The molecule has 0 aliphatic rings. The monoisotopic (exact) mass is 352 g/mol. The second kappa shape index (κ2) is 7.83. The summed E-state index contributed by atoms with van der Waals surface area (Å²) in [6.45, 7) is 9.47. The van der Waals surface area contributed by atoms with E-state index in [2.05, 4.69) is 29.0 Å². The first-order valence-corrected chi connectivity index (χ1v) is 8.62. The Labute approximate surface area is 146 Å². The zero-order valence-corrected chi connectivity index (χ0v) is 15.6. The molecule has 0 spiro atoms. The van der Waals surface area contributed by atoms with Crippen molar-refractivity contribution >= 4 is 17.1 Å². The minimum Gasteiger partial charge on any atom is -0.392 e. The molecule has 25 heavy (non-hydrogen) atoms. The van der Waals surface area contributed by atoms with Gasteiger partial charge in [0.15, 0.2) is 11.2 Å². The molecule has 2 heterocycles. The van der Waals surface area contributed by atoms with Crippen molar-refractivity contribution in [2.45, 2.75) is 33.4 Å². The van der Waals surface area contributed by atoms with E-state index in [1.165, 1.54) is 11.6 Å². The molecule has 0 saturated carbocycles. The quantitative estimate of drug-likeness (QED) is 0.669. The van der Waals surface area contributed by atoms with Gasteiger partial charge in [-0.05, 0) is 20.0 Å². The number of aryl methyl sites for hydroxylation is 1. The number of aliphatic hydroxyl groups excluding tert-OH is 1. The molecule has 1 unspecified atom stereocenters. The van der Waals surface area contributed by atoms with Crippen molar-refractivity contribution in [3.05, 3.63) is 20.8 Å². The van der Waals surface area contributed by atoms with E-state index in [4.69, 9.17) is 0 Å². The van der Waals surface area contributed by atoms with Gasteiger partial charge in [-0.2, -0.15) is 4.98 Å². The van der Waals surface area contributed by atoms with Gasteiger partial charge in [-0.15, -0.1) is 0 Å². The second-order valence-electron chi connectivity index (χ2n) is 6.23. The van der Waals surface area contributed by atoms with E-state index >= 15 is 0 Å². The maximum absolute atomic E-state index is 12.6. The van der Waals surface area contributed by atoms with Gasteiger partial charge in [0.1, 0.15) is 0 Å². The minimum atomic E-state index is -0.650. The number of nitrogens with one attached hydrogen (secondary N) is 1. The van der Waals surface area contributed by atoms with Gasteiger partial charge in [0.05, 0.1) is 12.6 Å². The smallest absolute Gasteiger partial charge is 0.332 e. The summed E-state index contributed by atoms with van der Waals surface area (Å²) in [5, 5.41) is 13.1. The predicted octanol–water partition coefficient (Wildman–Crippen LogP) is -0.432. The first kappa shape index (κ1) is 19.2. The molecule has 0 aliphatic carbocycles. The molecule has 2 aromatic rings. The van der Waals surface area contributed by atoms with E-state index in [-0.39, 0.29) is 6.54 Å². The number of anilines is 1. The van der Waals surface area contributed by atoms with Gasteiger partial charge in [-0.25, -0.2) is 4.79 Å². The van der Waals surface area contributed by atoms with E-state index < -0.39 is 17.4 Å². The lowest BCUT2D eigenvalue weighted by atomic mass is 10.4. The van der Waals surface area contributed by atoms with Gasteiger partial charge in [0.25, 0.3) is 5.56 Å². The number of fused-ring (bicyclic) bond motifs is 1. The van der Waals surface area contributed by atoms with Crippen LogP contribution in [0.4, 0.5) is 5.95 Å². The molecule has 9 heteroatoms. The molecule has 0 aromatic carbocycles. The van der Waals surface area contributed by atoms with Crippen molar-refractivity contribution in [1.82, 2.24) is 23.6 Å². The lowest BCUT2D eigenvalue weighted by Crippen LogP contribution is -2.37. The lowest BCUT2D eigenvalue weighted by Gasteiger charge is -2.18. The van der Waals surface area contributed by atoms with Crippen LogP contribution in [-0.4, -0.2) is 61.0 Å². The van der Waals surface area contributed by atoms with Crippen LogP contribution in [0.2, 0.25) is 0 Å². The SMILES string of the molecule is CCN(CC)CCNc1nc2c(c(=O)n(C)c(=O)n2C)n1CC(C)O. The normalized spacial score (nSPS) is 12.9. The fourth-order valence-corrected chi connectivity index (χ4v) is 2.89. The van der Waals surface area contributed by atoms with Gasteiger partial charge in [-0.3, -0.25) is 13.9 Å². The number of nitrogens with zero attached hydrogens (tertiary/aromatic N) is 5. The van der Waals surface area contributed by atoms with Gasteiger partial charge in [-0.1, -0.05) is 13.8 Å². The van der Waals surface area contributed by atoms with Gasteiger partial charge in [0.2, 0.25) is 5.95 Å². The molecule has 0 fully saturated rings. The van der Waals surface area contributed by atoms with Crippen molar-refractivity contribution in [3.8, 4) is 0 Å². The Bertz CT molecular complexity index is 844. The first-order valence-electron chi connectivity index (χ1n) is 8.62. The van der Waals surface area contributed by atoms with Crippen LogP contribution in [0.1, 0.15) is 20.8 Å². The highest BCUT2D eigenvalue weighted by molar-refractivity contribution is 5.74. The Balaban J connectivity index is 2.49. The third-order valence-electron chi connectivity index (χ3n) is 4.40. The maximum atomic E-state index is 12.6. The average Bonchev–Trinajstić information content (AvgIpc) is 2.93. The molecule has 1 atom stereocenters. The fourth-order valence-electron chi connectivity index (χ4n) is 2.89. The van der Waals surface area contributed by atoms with Gasteiger partial charge >= 0.3 is 5.69 Å². The standard InChI is InChI=1S/C16H28N6O3/c1-6-21(7-2)9-8-17-15-18-13-12(22(15)10-11(3)23)14(24)20(5)16(25)19(13)4/h11,23H,6-10H2,1-5H3,(H,17,18). The average molecular weight is 352 g/mol. The molecule has 2 N–H and O–H groups in total. The fraction of sp³-hybridized carbons (Fsp3) is 0.688. The minimum absolute atomic E-state index is 0.220. The third kappa shape index (κ3) is 3.77. The number of aliphatic hydroxyl groups is 1. The van der Waals surface area contributed by atoms with E-state index in [9.17, 15) is 14.7 Å². The molecule has 2 aromatic heterocycles. The Morgan fingerprint density at radius 2 is 1.84 bits per heavy atom. The molecule has 0 amide bonds. The number of likely N-dealkylation sites (N-methyl/N-ethyl adjacent to an activating group) is 1. The van der Waals surface area contributed by atoms with Crippen molar-refractivity contribution in [1.29, 1.82) is 0 Å². The summed E-state index contributed by atoms with van der Waals surface area (Å²) in [6.07, 6.45) is -0.650. The molecule has 0 aliphatic heterocycles. The van der Waals surface area contributed by atoms with Crippen molar-refractivity contribution in [3.63, 3.8) is 0 Å². The number of hydrogen-bond donors (Lipinski definition) is 2. The zero-order valence-electron chi connectivity index (χ0n) is 15.6. The van der Waals surface area contributed by atoms with Crippen LogP contribution in [0.5, 0.6) is 0 Å². The summed E-state index contributed by atoms with van der Waals surface area (Å²) in [4.78, 5) is 31.4. The lowest BCUT2D eigenvalue weighted by molar-refractivity contribution is 0.175. The summed E-state index contributed by atoms with van der Waals surface area (Å²) >= 11 is 0. The summed E-state index contributed by atoms with van der Waals surface area (Å²) in [7, 11) is 3.03. The predicted molar refractivity (Wildman–Crippen MR) is 98.2 cm³/mol. The van der Waals surface area contributed by atoms with Crippen LogP contribution in [0.15, 0.2) is 9.59 Å². The molecular formula is C16H28N6O3. The number of imidazole rings is 1. The molecule has 9 nitrogen and oxygen atoms in total. The summed E-state index contributed by atoms with van der Waals surface area (Å²) in [5.41, 5.74) is -0.202. The van der Waals surface area contributed by atoms with E-state index in [1.807, 2.05) is 0 Å². The maximum Gasteiger partial charge on any atom is 0.332 e. The zero-order chi connectivity index (χ0) is 18.7. The first-order chi connectivity index (χ1) is 11.8. The van der Waals surface area contributed by atoms with Crippen molar-refractivity contribution in [2.24, 2.45) is 14.1 Å². The number of rotatable bonds is 8. The number of hydrogen-bond acceptors (Lipinski definition) is 6. The highest BCUT2D eigenvalue weighted by Crippen LogP contribution is 2.16. The van der Waals surface area contributed by atoms with Gasteiger partial charge < -0.3 is 19.9 Å². The van der Waals surface area contributed by atoms with Crippen molar-refractivity contribution in [2.75, 3.05) is 31.5 Å². The Morgan fingerprint density at radius 1 is 1.20 bits per heavy atom. The summed E-state index contributed by atoms with van der Waals surface area (Å²) in [5.74, 6) is 0.487. The van der Waals surface area contributed by atoms with Crippen LogP contribution in [-0.2, 0) is 20.6 Å². The highest BCUT2D eigenvalue weighted by Gasteiger charge is 2.19. The number of aromatic nitrogens is 4. The summed E-state index contributed by atoms with van der Waals surface area (Å²) in [6, 6.07) is 0. The van der Waals surface area contributed by atoms with Crippen LogP contribution in [0.25, 0.3) is 11.2 Å². The Kier molecular flexibility index (Phi) is 6.02. The summed E-state index contributed by atoms with van der Waals surface area (Å²) < 4.78 is 4.07. The second-order valence-corrected chi connectivity index (χ2v) is 6.23. The van der Waals surface area contributed by atoms with Crippen LogP contribution < -0.4 is 16.6 Å². The van der Waals surface area contributed by atoms with E-state index in [0.29, 0.717) is 23.7 Å². The largest absolute Gasteiger partial charge is 0.392 e.